The second-order valence-corrected chi connectivity index (χ2v) is 6.73. The number of hydrogen-bond acceptors (Lipinski definition) is 5. The van der Waals surface area contributed by atoms with E-state index in [4.69, 9.17) is 4.74 Å². The molecule has 1 unspecified atom stereocenters. The third kappa shape index (κ3) is 3.78. The highest BCUT2D eigenvalue weighted by Gasteiger charge is 2.23. The van der Waals surface area contributed by atoms with Crippen molar-refractivity contribution < 1.29 is 9.53 Å². The van der Waals surface area contributed by atoms with Crippen LogP contribution in [0.5, 0.6) is 5.75 Å². The summed E-state index contributed by atoms with van der Waals surface area (Å²) in [5.74, 6) is 1.02. The number of hydrogen-bond donors (Lipinski definition) is 2. The molecule has 142 valence electrons. The number of amides is 1. The number of aryl methyl sites for hydroxylation is 1. The Morgan fingerprint density at radius 2 is 2.07 bits per heavy atom. The molecule has 0 saturated heterocycles. The van der Waals surface area contributed by atoms with Gasteiger partial charge < -0.3 is 15.0 Å². The van der Waals surface area contributed by atoms with Gasteiger partial charge in [-0.05, 0) is 30.7 Å². The Hall–Kier alpha value is -3.48. The lowest BCUT2D eigenvalue weighted by Crippen LogP contribution is -2.36. The minimum atomic E-state index is -0.326. The van der Waals surface area contributed by atoms with Gasteiger partial charge in [0.15, 0.2) is 5.82 Å². The van der Waals surface area contributed by atoms with Gasteiger partial charge in [-0.15, -0.1) is 0 Å². The monoisotopic (exact) mass is 376 g/mol. The minimum Gasteiger partial charge on any atom is -0.488 e. The number of aromatic nitrogens is 3. The van der Waals surface area contributed by atoms with Crippen LogP contribution >= 0.6 is 0 Å². The highest BCUT2D eigenvalue weighted by molar-refractivity contribution is 5.78. The Morgan fingerprint density at radius 3 is 2.82 bits per heavy atom. The van der Waals surface area contributed by atoms with E-state index in [0.29, 0.717) is 29.3 Å². The van der Waals surface area contributed by atoms with E-state index in [1.165, 1.54) is 0 Å². The van der Waals surface area contributed by atoms with E-state index in [-0.39, 0.29) is 24.0 Å². The molecular formula is C21H20N4O3. The maximum absolute atomic E-state index is 12.5. The van der Waals surface area contributed by atoms with Crippen LogP contribution in [0.1, 0.15) is 16.8 Å². The van der Waals surface area contributed by atoms with Crippen molar-refractivity contribution >= 4 is 5.91 Å². The maximum Gasteiger partial charge on any atom is 0.255 e. The van der Waals surface area contributed by atoms with Gasteiger partial charge in [0, 0.05) is 23.9 Å². The van der Waals surface area contributed by atoms with Crippen LogP contribution in [0.3, 0.4) is 0 Å². The summed E-state index contributed by atoms with van der Waals surface area (Å²) in [7, 11) is 0. The van der Waals surface area contributed by atoms with Gasteiger partial charge in [-0.2, -0.15) is 0 Å². The third-order valence-electron chi connectivity index (χ3n) is 4.71. The Bertz CT molecular complexity index is 1040. The molecule has 28 heavy (non-hydrogen) atoms. The van der Waals surface area contributed by atoms with Gasteiger partial charge in [0.2, 0.25) is 5.91 Å². The van der Waals surface area contributed by atoms with Gasteiger partial charge in [0.05, 0.1) is 13.0 Å². The first-order valence-corrected chi connectivity index (χ1v) is 9.12. The third-order valence-corrected chi connectivity index (χ3v) is 4.71. The van der Waals surface area contributed by atoms with Crippen molar-refractivity contribution in [1.82, 2.24) is 20.3 Å². The molecule has 0 saturated carbocycles. The van der Waals surface area contributed by atoms with Crippen molar-refractivity contribution in [2.75, 3.05) is 6.54 Å². The quantitative estimate of drug-likeness (QED) is 0.708. The van der Waals surface area contributed by atoms with Gasteiger partial charge in [-0.1, -0.05) is 24.3 Å². The number of pyridine rings is 1. The topological polar surface area (TPSA) is 97.0 Å². The number of fused-ring (bicyclic) bond motifs is 1. The standard InChI is InChI=1S/C21H20N4O3/c1-13-16(21(27)25-20(24-13)17-7-4-5-9-22-17)11-19(26)23-12-15-10-14-6-2-3-8-18(14)28-15/h2-9,15H,10-12H2,1H3,(H,23,26)(H,24,25,27). The lowest BCUT2D eigenvalue weighted by atomic mass is 10.1. The van der Waals surface area contributed by atoms with Crippen LogP contribution in [0, 0.1) is 6.92 Å². The lowest BCUT2D eigenvalue weighted by Gasteiger charge is -2.12. The summed E-state index contributed by atoms with van der Waals surface area (Å²) < 4.78 is 5.82. The molecule has 2 aromatic heterocycles. The van der Waals surface area contributed by atoms with Gasteiger partial charge in [0.1, 0.15) is 17.5 Å². The van der Waals surface area contributed by atoms with Crippen LogP contribution in [0.15, 0.2) is 53.5 Å². The number of nitrogens with zero attached hydrogens (tertiary/aromatic N) is 2. The van der Waals surface area contributed by atoms with Crippen molar-refractivity contribution in [2.24, 2.45) is 0 Å². The average Bonchev–Trinajstić information content (AvgIpc) is 3.13. The zero-order valence-electron chi connectivity index (χ0n) is 15.4. The second-order valence-electron chi connectivity index (χ2n) is 6.73. The van der Waals surface area contributed by atoms with Crippen LogP contribution in [0.2, 0.25) is 0 Å². The summed E-state index contributed by atoms with van der Waals surface area (Å²) in [4.78, 5) is 36.1. The summed E-state index contributed by atoms with van der Waals surface area (Å²) in [6, 6.07) is 13.2. The first-order chi connectivity index (χ1) is 13.6. The Morgan fingerprint density at radius 1 is 1.25 bits per heavy atom. The zero-order chi connectivity index (χ0) is 19.5. The lowest BCUT2D eigenvalue weighted by molar-refractivity contribution is -0.120. The number of carbonyl (C=O) groups is 1. The average molecular weight is 376 g/mol. The number of aromatic amines is 1. The van der Waals surface area contributed by atoms with Crippen LogP contribution in [0.25, 0.3) is 11.5 Å². The molecule has 0 bridgehead atoms. The van der Waals surface area contributed by atoms with Crippen LogP contribution in [-0.4, -0.2) is 33.5 Å². The summed E-state index contributed by atoms with van der Waals surface area (Å²) in [5.41, 5.74) is 2.27. The van der Waals surface area contributed by atoms with Gasteiger partial charge in [-0.3, -0.25) is 14.6 Å². The number of carbonyl (C=O) groups excluding carboxylic acids is 1. The molecular weight excluding hydrogens is 356 g/mol. The molecule has 1 aliphatic rings. The molecule has 1 amide bonds. The predicted octanol–water partition coefficient (Wildman–Crippen LogP) is 1.80. The van der Waals surface area contributed by atoms with Crippen LogP contribution in [-0.2, 0) is 17.6 Å². The van der Waals surface area contributed by atoms with E-state index in [1.54, 1.807) is 25.3 Å². The second kappa shape index (κ2) is 7.64. The molecule has 1 aliphatic heterocycles. The van der Waals surface area contributed by atoms with Crippen molar-refractivity contribution in [1.29, 1.82) is 0 Å². The zero-order valence-corrected chi connectivity index (χ0v) is 15.4. The fourth-order valence-corrected chi connectivity index (χ4v) is 3.26. The number of benzene rings is 1. The van der Waals surface area contributed by atoms with Crippen molar-refractivity contribution in [3.05, 3.63) is 75.8 Å². The maximum atomic E-state index is 12.5. The molecule has 0 fully saturated rings. The number of rotatable bonds is 5. The molecule has 7 nitrogen and oxygen atoms in total. The summed E-state index contributed by atoms with van der Waals surface area (Å²) in [6.45, 7) is 2.12. The first kappa shape index (κ1) is 17.9. The molecule has 4 rings (SSSR count). The van der Waals surface area contributed by atoms with Crippen LogP contribution in [0.4, 0.5) is 0 Å². The number of nitrogens with one attached hydrogen (secondary N) is 2. The van der Waals surface area contributed by atoms with Gasteiger partial charge >= 0.3 is 0 Å². The first-order valence-electron chi connectivity index (χ1n) is 9.12. The normalized spacial score (nSPS) is 15.0. The molecule has 2 N–H and O–H groups in total. The Labute approximate surface area is 161 Å². The molecule has 3 heterocycles. The number of ether oxygens (including phenoxy) is 1. The van der Waals surface area contributed by atoms with Crippen molar-refractivity contribution in [3.63, 3.8) is 0 Å². The number of H-pyrrole nitrogens is 1. The molecule has 0 spiro atoms. The van der Waals surface area contributed by atoms with Gasteiger partial charge in [-0.25, -0.2) is 4.98 Å². The van der Waals surface area contributed by atoms with Crippen molar-refractivity contribution in [3.8, 4) is 17.3 Å². The molecule has 0 radical (unpaired) electrons. The Balaban J connectivity index is 1.39. The molecule has 1 atom stereocenters. The van der Waals surface area contributed by atoms with Gasteiger partial charge in [0.25, 0.3) is 5.56 Å². The highest BCUT2D eigenvalue weighted by atomic mass is 16.5. The van der Waals surface area contributed by atoms with E-state index < -0.39 is 0 Å². The fourth-order valence-electron chi connectivity index (χ4n) is 3.26. The molecule has 1 aromatic carbocycles. The summed E-state index contributed by atoms with van der Waals surface area (Å²) in [5, 5.41) is 2.85. The van der Waals surface area contributed by atoms with Crippen LogP contribution < -0.4 is 15.6 Å². The van der Waals surface area contributed by atoms with E-state index in [9.17, 15) is 9.59 Å². The minimum absolute atomic E-state index is 0.0314. The number of para-hydroxylation sites is 1. The van der Waals surface area contributed by atoms with E-state index in [0.717, 1.165) is 17.7 Å². The molecule has 3 aromatic rings. The van der Waals surface area contributed by atoms with E-state index in [2.05, 4.69) is 20.3 Å². The van der Waals surface area contributed by atoms with E-state index >= 15 is 0 Å². The predicted molar refractivity (Wildman–Crippen MR) is 104 cm³/mol. The van der Waals surface area contributed by atoms with E-state index in [1.807, 2.05) is 30.3 Å². The van der Waals surface area contributed by atoms with Crippen molar-refractivity contribution in [2.45, 2.75) is 25.9 Å². The smallest absolute Gasteiger partial charge is 0.255 e. The highest BCUT2D eigenvalue weighted by Crippen LogP contribution is 2.27. The summed E-state index contributed by atoms with van der Waals surface area (Å²) >= 11 is 0. The largest absolute Gasteiger partial charge is 0.488 e. The molecule has 0 aliphatic carbocycles. The molecule has 7 heteroatoms. The SMILES string of the molecule is Cc1nc(-c2ccccn2)[nH]c(=O)c1CC(=O)NCC1Cc2ccccc2O1. The fraction of sp³-hybridized carbons (Fsp3) is 0.238. The summed E-state index contributed by atoms with van der Waals surface area (Å²) in [6.07, 6.45) is 2.27. The Kier molecular flexibility index (Phi) is 4.89.